The number of rotatable bonds is 3. The van der Waals surface area contributed by atoms with Crippen LogP contribution in [-0.4, -0.2) is 38.1 Å². The predicted molar refractivity (Wildman–Crippen MR) is 73.5 cm³/mol. The van der Waals surface area contributed by atoms with E-state index in [9.17, 15) is 4.79 Å². The molecule has 0 saturated carbocycles. The molecule has 1 aromatic heterocycles. The average molecular weight is 292 g/mol. The summed E-state index contributed by atoms with van der Waals surface area (Å²) >= 11 is 5.95. The Morgan fingerprint density at radius 1 is 1.35 bits per heavy atom. The maximum Gasteiger partial charge on any atom is 0.210 e. The number of likely N-dealkylation sites (tertiary alicyclic amines) is 1. The Kier molecular flexibility index (Phi) is 3.64. The summed E-state index contributed by atoms with van der Waals surface area (Å²) in [6, 6.07) is 7.17. The number of carbonyl (C=O) groups excluding carboxylic acids is 1. The van der Waals surface area contributed by atoms with Crippen molar-refractivity contribution in [2.24, 2.45) is 0 Å². The molecule has 6 nitrogen and oxygen atoms in total. The number of carbonyl (C=O) groups is 1. The zero-order chi connectivity index (χ0) is 13.9. The lowest BCUT2D eigenvalue weighted by atomic mass is 10.0. The Labute approximate surface area is 121 Å². The first-order valence-corrected chi connectivity index (χ1v) is 6.92. The molecule has 0 aliphatic carbocycles. The largest absolute Gasteiger partial charge is 0.335 e. The lowest BCUT2D eigenvalue weighted by molar-refractivity contribution is -0.121. The SMILES string of the molecule is O=CN1CCCCC1c1nnn(-c2cccc(Cl)c2)n1. The van der Waals surface area contributed by atoms with Gasteiger partial charge in [0.2, 0.25) is 6.41 Å². The molecule has 20 heavy (non-hydrogen) atoms. The third-order valence-electron chi connectivity index (χ3n) is 3.45. The number of halogens is 1. The van der Waals surface area contributed by atoms with Crippen LogP contribution in [0.2, 0.25) is 5.02 Å². The van der Waals surface area contributed by atoms with Crippen LogP contribution in [0.3, 0.4) is 0 Å². The van der Waals surface area contributed by atoms with E-state index in [2.05, 4.69) is 15.4 Å². The molecule has 3 rings (SSSR count). The lowest BCUT2D eigenvalue weighted by Crippen LogP contribution is -2.32. The van der Waals surface area contributed by atoms with Gasteiger partial charge in [0, 0.05) is 11.6 Å². The Hall–Kier alpha value is -1.95. The highest BCUT2D eigenvalue weighted by Crippen LogP contribution is 2.27. The topological polar surface area (TPSA) is 63.9 Å². The summed E-state index contributed by atoms with van der Waals surface area (Å²) in [5, 5.41) is 13.1. The van der Waals surface area contributed by atoms with Gasteiger partial charge >= 0.3 is 0 Å². The van der Waals surface area contributed by atoms with Crippen LogP contribution in [0.5, 0.6) is 0 Å². The van der Waals surface area contributed by atoms with Crippen LogP contribution in [-0.2, 0) is 4.79 Å². The molecular formula is C13H14ClN5O. The second-order valence-electron chi connectivity index (χ2n) is 4.77. The van der Waals surface area contributed by atoms with Crippen molar-refractivity contribution in [3.05, 3.63) is 35.1 Å². The van der Waals surface area contributed by atoms with Crippen molar-refractivity contribution >= 4 is 18.0 Å². The third kappa shape index (κ3) is 2.51. The van der Waals surface area contributed by atoms with Gasteiger partial charge in [-0.05, 0) is 42.7 Å². The number of nitrogens with zero attached hydrogens (tertiary/aromatic N) is 5. The van der Waals surface area contributed by atoms with E-state index in [0.29, 0.717) is 10.8 Å². The number of hydrogen-bond donors (Lipinski definition) is 0. The number of aromatic nitrogens is 4. The first-order chi connectivity index (χ1) is 9.78. The Bertz CT molecular complexity index is 614. The smallest absolute Gasteiger partial charge is 0.210 e. The van der Waals surface area contributed by atoms with E-state index < -0.39 is 0 Å². The van der Waals surface area contributed by atoms with Gasteiger partial charge in [-0.2, -0.15) is 0 Å². The van der Waals surface area contributed by atoms with Crippen molar-refractivity contribution in [2.45, 2.75) is 25.3 Å². The highest BCUT2D eigenvalue weighted by Gasteiger charge is 2.26. The molecular weight excluding hydrogens is 278 g/mol. The fourth-order valence-electron chi connectivity index (χ4n) is 2.43. The van der Waals surface area contributed by atoms with Gasteiger partial charge in [0.05, 0.1) is 11.7 Å². The quantitative estimate of drug-likeness (QED) is 0.811. The fraction of sp³-hybridized carbons (Fsp3) is 0.385. The summed E-state index contributed by atoms with van der Waals surface area (Å²) in [6.07, 6.45) is 3.84. The molecule has 0 spiro atoms. The van der Waals surface area contributed by atoms with E-state index in [-0.39, 0.29) is 6.04 Å². The van der Waals surface area contributed by atoms with E-state index >= 15 is 0 Å². The molecule has 1 fully saturated rings. The summed E-state index contributed by atoms with van der Waals surface area (Å²) in [5.41, 5.74) is 0.754. The molecule has 2 heterocycles. The summed E-state index contributed by atoms with van der Waals surface area (Å²) in [6.45, 7) is 0.750. The van der Waals surface area contributed by atoms with E-state index in [1.807, 2.05) is 12.1 Å². The minimum absolute atomic E-state index is 0.0748. The highest BCUT2D eigenvalue weighted by atomic mass is 35.5. The molecule has 1 aromatic carbocycles. The summed E-state index contributed by atoms with van der Waals surface area (Å²) in [5.74, 6) is 0.580. The zero-order valence-corrected chi connectivity index (χ0v) is 11.6. The molecule has 1 unspecified atom stereocenters. The van der Waals surface area contributed by atoms with Crippen LogP contribution in [0.25, 0.3) is 5.69 Å². The van der Waals surface area contributed by atoms with Crippen LogP contribution in [0.1, 0.15) is 31.1 Å². The van der Waals surface area contributed by atoms with E-state index in [1.54, 1.807) is 17.0 Å². The van der Waals surface area contributed by atoms with Crippen molar-refractivity contribution in [3.8, 4) is 5.69 Å². The number of hydrogen-bond acceptors (Lipinski definition) is 4. The van der Waals surface area contributed by atoms with Crippen molar-refractivity contribution in [1.82, 2.24) is 25.1 Å². The summed E-state index contributed by atoms with van der Waals surface area (Å²) in [7, 11) is 0. The van der Waals surface area contributed by atoms with Crippen LogP contribution >= 0.6 is 11.6 Å². The Morgan fingerprint density at radius 2 is 2.25 bits per heavy atom. The molecule has 0 radical (unpaired) electrons. The standard InChI is InChI=1S/C13H14ClN5O/c14-10-4-3-5-11(8-10)19-16-13(15-17-19)12-6-1-2-7-18(12)9-20/h3-5,8-9,12H,1-2,6-7H2. The molecule has 2 aromatic rings. The zero-order valence-electron chi connectivity index (χ0n) is 10.8. The molecule has 1 aliphatic heterocycles. The van der Waals surface area contributed by atoms with Crippen molar-refractivity contribution in [1.29, 1.82) is 0 Å². The third-order valence-corrected chi connectivity index (χ3v) is 3.68. The van der Waals surface area contributed by atoms with Gasteiger partial charge in [-0.1, -0.05) is 17.7 Å². The molecule has 1 saturated heterocycles. The molecule has 0 bridgehead atoms. The van der Waals surface area contributed by atoms with Gasteiger partial charge in [0.15, 0.2) is 5.82 Å². The van der Waals surface area contributed by atoms with Crippen molar-refractivity contribution < 1.29 is 4.79 Å². The maximum atomic E-state index is 11.1. The fourth-order valence-corrected chi connectivity index (χ4v) is 2.61. The normalized spacial score (nSPS) is 19.1. The molecule has 0 N–H and O–H groups in total. The van der Waals surface area contributed by atoms with Gasteiger partial charge in [-0.15, -0.1) is 15.0 Å². The molecule has 1 amide bonds. The van der Waals surface area contributed by atoms with Crippen LogP contribution in [0.15, 0.2) is 24.3 Å². The number of piperidine rings is 1. The number of tetrazole rings is 1. The summed E-state index contributed by atoms with van der Waals surface area (Å²) in [4.78, 5) is 14.3. The molecule has 1 atom stereocenters. The Balaban J connectivity index is 1.88. The van der Waals surface area contributed by atoms with Crippen molar-refractivity contribution in [2.75, 3.05) is 6.54 Å². The number of amides is 1. The molecule has 7 heteroatoms. The minimum Gasteiger partial charge on any atom is -0.335 e. The lowest BCUT2D eigenvalue weighted by Gasteiger charge is -2.30. The molecule has 104 valence electrons. The van der Waals surface area contributed by atoms with E-state index in [0.717, 1.165) is 37.9 Å². The van der Waals surface area contributed by atoms with Gasteiger partial charge in [0.25, 0.3) is 0 Å². The second-order valence-corrected chi connectivity index (χ2v) is 5.21. The molecule has 1 aliphatic rings. The van der Waals surface area contributed by atoms with Gasteiger partial charge in [-0.3, -0.25) is 4.79 Å². The monoisotopic (exact) mass is 291 g/mol. The van der Waals surface area contributed by atoms with Gasteiger partial charge < -0.3 is 4.90 Å². The average Bonchev–Trinajstić information content (AvgIpc) is 2.97. The highest BCUT2D eigenvalue weighted by molar-refractivity contribution is 6.30. The summed E-state index contributed by atoms with van der Waals surface area (Å²) < 4.78 is 0. The Morgan fingerprint density at radius 3 is 3.05 bits per heavy atom. The minimum atomic E-state index is -0.0748. The first kappa shape index (κ1) is 13.1. The first-order valence-electron chi connectivity index (χ1n) is 6.55. The van der Waals surface area contributed by atoms with Gasteiger partial charge in [-0.25, -0.2) is 0 Å². The second kappa shape index (κ2) is 5.58. The van der Waals surface area contributed by atoms with Crippen LogP contribution in [0, 0.1) is 0 Å². The van der Waals surface area contributed by atoms with Crippen LogP contribution in [0.4, 0.5) is 0 Å². The van der Waals surface area contributed by atoms with Crippen molar-refractivity contribution in [3.63, 3.8) is 0 Å². The van der Waals surface area contributed by atoms with Gasteiger partial charge in [0.1, 0.15) is 0 Å². The maximum absolute atomic E-state index is 11.1. The number of benzene rings is 1. The van der Waals surface area contributed by atoms with E-state index in [4.69, 9.17) is 11.6 Å². The van der Waals surface area contributed by atoms with Crippen LogP contribution < -0.4 is 0 Å². The van der Waals surface area contributed by atoms with E-state index in [1.165, 1.54) is 4.80 Å². The predicted octanol–water partition coefficient (Wildman–Crippen LogP) is 2.00.